The molecule has 0 bridgehead atoms. The van der Waals surface area contributed by atoms with Crippen molar-refractivity contribution < 1.29 is 40.6 Å². The fourth-order valence-electron chi connectivity index (χ4n) is 5.51. The summed E-state index contributed by atoms with van der Waals surface area (Å²) in [7, 11) is 2.94. The number of carbonyl (C=O) groups excluding carboxylic acids is 1. The van der Waals surface area contributed by atoms with Gasteiger partial charge in [-0.2, -0.15) is 31.4 Å². The first kappa shape index (κ1) is 33.1. The highest BCUT2D eigenvalue weighted by Gasteiger charge is 2.40. The van der Waals surface area contributed by atoms with Crippen LogP contribution in [0.25, 0.3) is 0 Å². The largest absolute Gasteiger partial charge is 0.497 e. The van der Waals surface area contributed by atoms with E-state index in [0.29, 0.717) is 23.7 Å². The highest BCUT2D eigenvalue weighted by Crippen LogP contribution is 2.35. The second kappa shape index (κ2) is 13.2. The van der Waals surface area contributed by atoms with Crippen molar-refractivity contribution in [2.75, 3.05) is 58.4 Å². The number of benzene rings is 1. The lowest BCUT2D eigenvalue weighted by atomic mass is 10.1. The molecule has 5 rings (SSSR count). The maximum atomic E-state index is 14.0. The van der Waals surface area contributed by atoms with Crippen LogP contribution in [0.5, 0.6) is 5.75 Å². The van der Waals surface area contributed by atoms with E-state index in [-0.39, 0.29) is 69.8 Å². The Morgan fingerprint density at radius 2 is 1.61 bits per heavy atom. The second-order valence-electron chi connectivity index (χ2n) is 11.0. The highest BCUT2D eigenvalue weighted by molar-refractivity contribution is 5.78. The fraction of sp³-hybridized carbons (Fsp3) is 0.483. The maximum absolute atomic E-state index is 14.0. The first-order valence-corrected chi connectivity index (χ1v) is 14.3. The van der Waals surface area contributed by atoms with Crippen molar-refractivity contribution in [3.8, 4) is 5.75 Å². The summed E-state index contributed by atoms with van der Waals surface area (Å²) in [5, 5.41) is 4.33. The van der Waals surface area contributed by atoms with Gasteiger partial charge < -0.3 is 19.3 Å². The number of likely N-dealkylation sites (tertiary alicyclic amines) is 1. The molecule has 2 unspecified atom stereocenters. The lowest BCUT2D eigenvalue weighted by Crippen LogP contribution is -2.51. The number of hydrogen-bond donors (Lipinski definition) is 0. The van der Waals surface area contributed by atoms with Crippen molar-refractivity contribution in [2.24, 2.45) is 0 Å². The molecule has 4 heterocycles. The van der Waals surface area contributed by atoms with Gasteiger partial charge in [0.25, 0.3) is 5.56 Å². The minimum Gasteiger partial charge on any atom is -0.497 e. The minimum atomic E-state index is -4.94. The Morgan fingerprint density at radius 1 is 0.957 bits per heavy atom. The average molecular weight is 656 g/mol. The summed E-state index contributed by atoms with van der Waals surface area (Å²) >= 11 is 0. The quantitative estimate of drug-likeness (QED) is 0.339. The Kier molecular flexibility index (Phi) is 9.53. The van der Waals surface area contributed by atoms with Crippen LogP contribution in [0.1, 0.15) is 34.8 Å². The SMILES string of the molecule is COc1ccc(Cn2nc(C3CC(OC)CN3CC(=O)N3CCN(c4ncc(C(F)(F)F)cn4)CC3)cc(C(F)(F)F)c2=O)cc1. The normalized spacial score (nSPS) is 19.5. The van der Waals surface area contributed by atoms with Crippen molar-refractivity contribution in [3.05, 3.63) is 75.5 Å². The van der Waals surface area contributed by atoms with Gasteiger partial charge in [-0.15, -0.1) is 0 Å². The molecule has 17 heteroatoms. The Balaban J connectivity index is 1.32. The Bertz CT molecular complexity index is 1570. The smallest absolute Gasteiger partial charge is 0.421 e. The van der Waals surface area contributed by atoms with Crippen molar-refractivity contribution in [3.63, 3.8) is 0 Å². The molecule has 2 fully saturated rings. The van der Waals surface area contributed by atoms with Gasteiger partial charge in [-0.3, -0.25) is 14.5 Å². The van der Waals surface area contributed by atoms with E-state index in [0.717, 1.165) is 10.7 Å². The summed E-state index contributed by atoms with van der Waals surface area (Å²) in [6, 6.07) is 6.49. The van der Waals surface area contributed by atoms with E-state index in [1.165, 1.54) is 14.2 Å². The monoisotopic (exact) mass is 655 g/mol. The lowest BCUT2D eigenvalue weighted by Gasteiger charge is -2.36. The van der Waals surface area contributed by atoms with Crippen LogP contribution in [0, 0.1) is 0 Å². The van der Waals surface area contributed by atoms with Crippen LogP contribution in [0.2, 0.25) is 0 Å². The van der Waals surface area contributed by atoms with Crippen molar-refractivity contribution in [1.82, 2.24) is 29.5 Å². The predicted octanol–water partition coefficient (Wildman–Crippen LogP) is 3.24. The molecule has 11 nitrogen and oxygen atoms in total. The number of nitrogens with zero attached hydrogens (tertiary/aromatic N) is 7. The van der Waals surface area contributed by atoms with Crippen LogP contribution in [-0.2, 0) is 28.4 Å². The van der Waals surface area contributed by atoms with E-state index in [2.05, 4.69) is 15.1 Å². The van der Waals surface area contributed by atoms with Gasteiger partial charge >= 0.3 is 12.4 Å². The standard InChI is InChI=1S/C29H31F6N7O4/c1-45-20-5-3-18(4-6-20)15-42-26(44)22(29(33,34)35)12-23(38-42)24-11-21(46-2)16-41(24)17-25(43)39-7-9-40(10-8-39)27-36-13-19(14-37-27)28(30,31)32/h3-6,12-14,21,24H,7-11,15-17H2,1-2H3. The number of hydrogen-bond acceptors (Lipinski definition) is 9. The molecule has 3 aromatic rings. The van der Waals surface area contributed by atoms with Gasteiger partial charge in [0.2, 0.25) is 11.9 Å². The number of aromatic nitrogens is 4. The molecule has 2 aliphatic rings. The summed E-state index contributed by atoms with van der Waals surface area (Å²) in [5.41, 5.74) is -3.09. The van der Waals surface area contributed by atoms with Crippen molar-refractivity contribution in [2.45, 2.75) is 37.5 Å². The molecular weight excluding hydrogens is 624 g/mol. The number of amides is 1. The van der Waals surface area contributed by atoms with Gasteiger partial charge in [-0.25, -0.2) is 14.6 Å². The summed E-state index contributed by atoms with van der Waals surface area (Å²) in [6.07, 6.45) is -8.24. The van der Waals surface area contributed by atoms with Gasteiger partial charge in [0.15, 0.2) is 0 Å². The molecule has 1 amide bonds. The highest BCUT2D eigenvalue weighted by atomic mass is 19.4. The number of alkyl halides is 6. The molecule has 2 saturated heterocycles. The van der Waals surface area contributed by atoms with E-state index in [4.69, 9.17) is 9.47 Å². The Labute approximate surface area is 259 Å². The average Bonchev–Trinajstić information content (AvgIpc) is 3.44. The third kappa shape index (κ3) is 7.41. The van der Waals surface area contributed by atoms with Crippen LogP contribution in [-0.4, -0.2) is 95.0 Å². The summed E-state index contributed by atoms with van der Waals surface area (Å²) < 4.78 is 92.0. The first-order chi connectivity index (χ1) is 21.8. The molecule has 1 aromatic carbocycles. The predicted molar refractivity (Wildman–Crippen MR) is 151 cm³/mol. The molecule has 0 spiro atoms. The zero-order valence-electron chi connectivity index (χ0n) is 24.9. The van der Waals surface area contributed by atoms with Crippen molar-refractivity contribution >= 4 is 11.9 Å². The van der Waals surface area contributed by atoms with Gasteiger partial charge in [0, 0.05) is 52.2 Å². The third-order valence-electron chi connectivity index (χ3n) is 8.05. The number of piperazine rings is 1. The Hall–Kier alpha value is -4.25. The molecule has 2 aliphatic heterocycles. The Morgan fingerprint density at radius 3 is 2.17 bits per heavy atom. The molecular formula is C29H31F6N7O4. The molecule has 0 aliphatic carbocycles. The van der Waals surface area contributed by atoms with E-state index in [1.807, 2.05) is 0 Å². The van der Waals surface area contributed by atoms with E-state index < -0.39 is 41.2 Å². The summed E-state index contributed by atoms with van der Waals surface area (Å²) in [5.74, 6) is 0.358. The van der Waals surface area contributed by atoms with E-state index >= 15 is 0 Å². The molecule has 2 atom stereocenters. The number of carbonyl (C=O) groups is 1. The van der Waals surface area contributed by atoms with E-state index in [9.17, 15) is 35.9 Å². The van der Waals surface area contributed by atoms with Gasteiger partial charge in [0.1, 0.15) is 11.3 Å². The van der Waals surface area contributed by atoms with Crippen LogP contribution < -0.4 is 15.2 Å². The van der Waals surface area contributed by atoms with Gasteiger partial charge in [-0.05, 0) is 30.2 Å². The zero-order chi connectivity index (χ0) is 33.2. The van der Waals surface area contributed by atoms with Crippen LogP contribution in [0.4, 0.5) is 32.3 Å². The number of methoxy groups -OCH3 is 2. The second-order valence-corrected chi connectivity index (χ2v) is 11.0. The topological polar surface area (TPSA) is 106 Å². The summed E-state index contributed by atoms with van der Waals surface area (Å²) in [4.78, 5) is 38.8. The fourth-order valence-corrected chi connectivity index (χ4v) is 5.51. The van der Waals surface area contributed by atoms with Crippen LogP contribution in [0.3, 0.4) is 0 Å². The number of anilines is 1. The molecule has 46 heavy (non-hydrogen) atoms. The lowest BCUT2D eigenvalue weighted by molar-refractivity contribution is -0.139. The summed E-state index contributed by atoms with van der Waals surface area (Å²) in [6.45, 7) is 0.889. The van der Waals surface area contributed by atoms with Crippen molar-refractivity contribution in [1.29, 1.82) is 0 Å². The maximum Gasteiger partial charge on any atom is 0.421 e. The van der Waals surface area contributed by atoms with Gasteiger partial charge in [0.05, 0.1) is 43.6 Å². The molecule has 0 saturated carbocycles. The van der Waals surface area contributed by atoms with Gasteiger partial charge in [-0.1, -0.05) is 12.1 Å². The minimum absolute atomic E-state index is 0.0166. The zero-order valence-corrected chi connectivity index (χ0v) is 24.9. The van der Waals surface area contributed by atoms with Crippen LogP contribution >= 0.6 is 0 Å². The van der Waals surface area contributed by atoms with Crippen LogP contribution in [0.15, 0.2) is 47.5 Å². The third-order valence-corrected chi connectivity index (χ3v) is 8.05. The molecule has 2 aromatic heterocycles. The number of ether oxygens (including phenoxy) is 2. The molecule has 0 N–H and O–H groups in total. The van der Waals surface area contributed by atoms with E-state index in [1.54, 1.807) is 39.0 Å². The number of rotatable bonds is 8. The molecule has 0 radical (unpaired) electrons. The molecule has 248 valence electrons. The first-order valence-electron chi connectivity index (χ1n) is 14.3. The number of halogens is 6.